The van der Waals surface area contributed by atoms with Crippen LogP contribution in [0, 0.1) is 0 Å². The summed E-state index contributed by atoms with van der Waals surface area (Å²) in [5.41, 5.74) is 3.76. The molecule has 7 atom stereocenters. The lowest BCUT2D eigenvalue weighted by molar-refractivity contribution is -0.137. The highest BCUT2D eigenvalue weighted by Crippen LogP contribution is 2.36. The number of benzene rings is 3. The number of ether oxygens (including phenoxy) is 4. The standard InChI is InChI=1S/C40H51N3O8/c1-27-22-32(26-50-27)51-40(47)41-35(39(46)42(2)38-33-11-7-6-10-30(33)24-37(38)45)25-36(44)34(23-28-8-4-3-5-9-28)29-12-14-31(15-13-29)49-21-18-43-16-19-48-20-17-43/h3-15,27,32,34-38,44-45H,16-26H2,1-2H3,(H,41,47)/t27-,32+,34+,35-,36+,37-,38+/m1/s1. The quantitative estimate of drug-likeness (QED) is 0.230. The molecule has 2 aliphatic heterocycles. The van der Waals surface area contributed by atoms with E-state index in [9.17, 15) is 19.8 Å². The van der Waals surface area contributed by atoms with Crippen LogP contribution in [-0.2, 0) is 31.8 Å². The molecular weight excluding hydrogens is 650 g/mol. The second kappa shape index (κ2) is 17.5. The summed E-state index contributed by atoms with van der Waals surface area (Å²) >= 11 is 0. The zero-order valence-electron chi connectivity index (χ0n) is 29.6. The summed E-state index contributed by atoms with van der Waals surface area (Å²) < 4.78 is 22.7. The van der Waals surface area contributed by atoms with Crippen molar-refractivity contribution in [3.05, 3.63) is 101 Å². The lowest BCUT2D eigenvalue weighted by Gasteiger charge is -2.33. The van der Waals surface area contributed by atoms with Gasteiger partial charge in [-0.15, -0.1) is 0 Å². The molecule has 51 heavy (non-hydrogen) atoms. The maximum absolute atomic E-state index is 14.3. The number of alkyl carbamates (subject to hydrolysis) is 1. The Kier molecular flexibility index (Phi) is 12.6. The van der Waals surface area contributed by atoms with Gasteiger partial charge in [0.25, 0.3) is 0 Å². The summed E-state index contributed by atoms with van der Waals surface area (Å²) in [7, 11) is 1.64. The predicted octanol–water partition coefficient (Wildman–Crippen LogP) is 3.86. The van der Waals surface area contributed by atoms with E-state index in [1.807, 2.05) is 85.8 Å². The van der Waals surface area contributed by atoms with Crippen LogP contribution in [0.25, 0.3) is 0 Å². The van der Waals surface area contributed by atoms with Gasteiger partial charge in [0.2, 0.25) is 5.91 Å². The van der Waals surface area contributed by atoms with Crippen molar-refractivity contribution in [1.29, 1.82) is 0 Å². The monoisotopic (exact) mass is 701 g/mol. The molecule has 0 radical (unpaired) electrons. The molecule has 3 aliphatic rings. The average Bonchev–Trinajstić information content (AvgIpc) is 3.71. The number of amides is 2. The third-order valence-corrected chi connectivity index (χ3v) is 10.3. The molecule has 0 bridgehead atoms. The van der Waals surface area contributed by atoms with Crippen molar-refractivity contribution in [2.24, 2.45) is 0 Å². The fourth-order valence-corrected chi connectivity index (χ4v) is 7.49. The number of aliphatic hydroxyl groups excluding tert-OH is 2. The summed E-state index contributed by atoms with van der Waals surface area (Å²) in [5.74, 6) is -0.0972. The summed E-state index contributed by atoms with van der Waals surface area (Å²) in [6.07, 6.45) is -1.62. The topological polar surface area (TPSA) is 130 Å². The van der Waals surface area contributed by atoms with E-state index in [1.54, 1.807) is 7.05 Å². The van der Waals surface area contributed by atoms with Crippen molar-refractivity contribution in [2.45, 2.75) is 75.0 Å². The minimum atomic E-state index is -1.13. The molecule has 2 fully saturated rings. The second-order valence-corrected chi connectivity index (χ2v) is 13.9. The van der Waals surface area contributed by atoms with Crippen LogP contribution in [0.15, 0.2) is 78.9 Å². The Balaban J connectivity index is 1.20. The number of hydrogen-bond acceptors (Lipinski definition) is 9. The van der Waals surface area contributed by atoms with E-state index in [0.29, 0.717) is 25.9 Å². The molecule has 0 spiro atoms. The highest BCUT2D eigenvalue weighted by atomic mass is 16.6. The summed E-state index contributed by atoms with van der Waals surface area (Å²) in [5, 5.41) is 25.8. The number of nitrogens with one attached hydrogen (secondary N) is 1. The van der Waals surface area contributed by atoms with Crippen LogP contribution in [0.4, 0.5) is 4.79 Å². The highest BCUT2D eigenvalue weighted by molar-refractivity contribution is 5.86. The van der Waals surface area contributed by atoms with Gasteiger partial charge >= 0.3 is 6.09 Å². The van der Waals surface area contributed by atoms with E-state index in [0.717, 1.165) is 60.9 Å². The fraction of sp³-hybridized carbons (Fsp3) is 0.500. The molecule has 3 N–H and O–H groups in total. The van der Waals surface area contributed by atoms with Gasteiger partial charge in [-0.1, -0.05) is 66.7 Å². The predicted molar refractivity (Wildman–Crippen MR) is 192 cm³/mol. The Morgan fingerprint density at radius 2 is 1.75 bits per heavy atom. The zero-order valence-corrected chi connectivity index (χ0v) is 29.6. The Bertz CT molecular complexity index is 1570. The van der Waals surface area contributed by atoms with Gasteiger partial charge in [-0.05, 0) is 47.7 Å². The van der Waals surface area contributed by atoms with Gasteiger partial charge in [-0.25, -0.2) is 4.79 Å². The molecule has 6 rings (SSSR count). The molecule has 2 amide bonds. The van der Waals surface area contributed by atoms with E-state index in [2.05, 4.69) is 10.2 Å². The Morgan fingerprint density at radius 3 is 2.47 bits per heavy atom. The molecule has 0 saturated carbocycles. The second-order valence-electron chi connectivity index (χ2n) is 13.9. The minimum absolute atomic E-state index is 0.0302. The third-order valence-electron chi connectivity index (χ3n) is 10.3. The number of hydrogen-bond donors (Lipinski definition) is 3. The van der Waals surface area contributed by atoms with Crippen LogP contribution in [0.1, 0.15) is 54.0 Å². The van der Waals surface area contributed by atoms with E-state index >= 15 is 0 Å². The van der Waals surface area contributed by atoms with Crippen molar-refractivity contribution in [3.8, 4) is 5.75 Å². The van der Waals surface area contributed by atoms with Gasteiger partial charge in [-0.3, -0.25) is 9.69 Å². The number of carbonyl (C=O) groups is 2. The Labute approximate surface area is 300 Å². The zero-order chi connectivity index (χ0) is 35.7. The molecule has 2 saturated heterocycles. The lowest BCUT2D eigenvalue weighted by atomic mass is 9.84. The first-order valence-electron chi connectivity index (χ1n) is 18.1. The Morgan fingerprint density at radius 1 is 1.02 bits per heavy atom. The van der Waals surface area contributed by atoms with Crippen LogP contribution in [-0.4, -0.2) is 116 Å². The van der Waals surface area contributed by atoms with Crippen molar-refractivity contribution < 1.29 is 38.7 Å². The van der Waals surface area contributed by atoms with Crippen molar-refractivity contribution in [1.82, 2.24) is 15.1 Å². The molecule has 3 aromatic carbocycles. The number of fused-ring (bicyclic) bond motifs is 1. The number of nitrogens with zero attached hydrogens (tertiary/aromatic N) is 2. The molecule has 0 unspecified atom stereocenters. The summed E-state index contributed by atoms with van der Waals surface area (Å²) in [6.45, 7) is 6.85. The molecule has 11 nitrogen and oxygen atoms in total. The van der Waals surface area contributed by atoms with Crippen molar-refractivity contribution in [3.63, 3.8) is 0 Å². The average molecular weight is 702 g/mol. The van der Waals surface area contributed by atoms with Crippen molar-refractivity contribution in [2.75, 3.05) is 53.1 Å². The van der Waals surface area contributed by atoms with E-state index in [1.165, 1.54) is 4.90 Å². The molecule has 2 heterocycles. The van der Waals surface area contributed by atoms with Gasteiger partial charge in [-0.2, -0.15) is 0 Å². The molecule has 3 aromatic rings. The third kappa shape index (κ3) is 9.66. The van der Waals surface area contributed by atoms with Gasteiger partial charge in [0.1, 0.15) is 24.5 Å². The Hall–Kier alpha value is -4.00. The van der Waals surface area contributed by atoms with Gasteiger partial charge in [0.15, 0.2) is 0 Å². The van der Waals surface area contributed by atoms with Crippen LogP contribution < -0.4 is 10.1 Å². The number of aliphatic hydroxyl groups is 2. The van der Waals surface area contributed by atoms with Gasteiger partial charge in [0, 0.05) is 51.9 Å². The molecule has 1 aliphatic carbocycles. The summed E-state index contributed by atoms with van der Waals surface area (Å²) in [4.78, 5) is 31.4. The van der Waals surface area contributed by atoms with Crippen LogP contribution in [0.5, 0.6) is 5.75 Å². The maximum Gasteiger partial charge on any atom is 0.408 e. The fourth-order valence-electron chi connectivity index (χ4n) is 7.49. The van der Waals surface area contributed by atoms with Gasteiger partial charge < -0.3 is 39.4 Å². The van der Waals surface area contributed by atoms with Crippen LogP contribution >= 0.6 is 0 Å². The number of likely N-dealkylation sites (N-methyl/N-ethyl adjacent to an activating group) is 1. The number of rotatable bonds is 14. The van der Waals surface area contributed by atoms with Gasteiger partial charge in [0.05, 0.1) is 44.2 Å². The first-order chi connectivity index (χ1) is 24.7. The minimum Gasteiger partial charge on any atom is -0.492 e. The number of morpholine rings is 1. The summed E-state index contributed by atoms with van der Waals surface area (Å²) in [6, 6.07) is 23.6. The smallest absolute Gasteiger partial charge is 0.408 e. The first kappa shape index (κ1) is 36.8. The maximum atomic E-state index is 14.3. The normalized spacial score (nSPS) is 23.5. The number of carbonyl (C=O) groups excluding carboxylic acids is 2. The highest BCUT2D eigenvalue weighted by Gasteiger charge is 2.40. The molecule has 0 aromatic heterocycles. The van der Waals surface area contributed by atoms with Crippen molar-refractivity contribution >= 4 is 12.0 Å². The molecule has 274 valence electrons. The van der Waals surface area contributed by atoms with E-state index in [-0.39, 0.29) is 19.1 Å². The molecular formula is C40H51N3O8. The largest absolute Gasteiger partial charge is 0.492 e. The van der Waals surface area contributed by atoms with E-state index < -0.39 is 48.3 Å². The van der Waals surface area contributed by atoms with Crippen LogP contribution in [0.2, 0.25) is 0 Å². The van der Waals surface area contributed by atoms with E-state index in [4.69, 9.17) is 18.9 Å². The first-order valence-corrected chi connectivity index (χ1v) is 18.1. The molecule has 11 heteroatoms. The van der Waals surface area contributed by atoms with Crippen LogP contribution in [0.3, 0.4) is 0 Å². The lowest BCUT2D eigenvalue weighted by Crippen LogP contribution is -2.51. The SMILES string of the molecule is C[C@@H]1C[C@H](OC(=O)N[C@H](C[C@H](O)[C@@H](Cc2ccccc2)c2ccc(OCCN3CCOCC3)cc2)C(=O)N(C)[C@H]2c3ccccc3C[C@H]2O)CO1.